The van der Waals surface area contributed by atoms with Crippen LogP contribution in [-0.2, 0) is 4.84 Å². The van der Waals surface area contributed by atoms with Crippen LogP contribution in [0.3, 0.4) is 0 Å². The molecule has 0 radical (unpaired) electrons. The van der Waals surface area contributed by atoms with E-state index >= 15 is 0 Å². The fraction of sp³-hybridized carbons (Fsp3) is 0.200. The second-order valence-corrected chi connectivity index (χ2v) is 6.06. The van der Waals surface area contributed by atoms with E-state index in [1.54, 1.807) is 18.2 Å². The van der Waals surface area contributed by atoms with Gasteiger partial charge in [-0.25, -0.2) is 9.37 Å². The van der Waals surface area contributed by atoms with E-state index in [0.29, 0.717) is 24.0 Å². The number of oxime groups is 1. The third kappa shape index (κ3) is 3.40. The lowest BCUT2D eigenvalue weighted by atomic mass is 10.1. The van der Waals surface area contributed by atoms with Gasteiger partial charge in [0.15, 0.2) is 5.84 Å². The Balaban J connectivity index is 1.85. The highest BCUT2D eigenvalue weighted by Gasteiger charge is 2.22. The lowest BCUT2D eigenvalue weighted by Crippen LogP contribution is -2.36. The number of ether oxygens (including phenoxy) is 1. The fourth-order valence-corrected chi connectivity index (χ4v) is 2.71. The first-order valence-corrected chi connectivity index (χ1v) is 7.88. The van der Waals surface area contributed by atoms with Crippen LogP contribution in [0.25, 0.3) is 0 Å². The van der Waals surface area contributed by atoms with E-state index in [0.717, 1.165) is 10.0 Å². The molecule has 1 aliphatic heterocycles. The Kier molecular flexibility index (Phi) is 4.68. The van der Waals surface area contributed by atoms with Gasteiger partial charge in [-0.05, 0) is 45.8 Å². The van der Waals surface area contributed by atoms with Crippen LogP contribution in [-0.4, -0.2) is 24.5 Å². The molecule has 120 valence electrons. The number of hydrogen-bond donors (Lipinski definition) is 1. The average Bonchev–Trinajstić information content (AvgIpc) is 2.58. The van der Waals surface area contributed by atoms with Gasteiger partial charge < -0.3 is 14.9 Å². The van der Waals surface area contributed by atoms with Crippen molar-refractivity contribution in [2.24, 2.45) is 5.16 Å². The number of rotatable bonds is 3. The quantitative estimate of drug-likeness (QED) is 0.854. The van der Waals surface area contributed by atoms with Crippen molar-refractivity contribution < 1.29 is 14.0 Å². The van der Waals surface area contributed by atoms with Crippen LogP contribution in [0.5, 0.6) is 5.88 Å². The molecular formula is C15H12BrClFN3O2. The summed E-state index contributed by atoms with van der Waals surface area (Å²) in [5.41, 5.74) is 1.37. The molecule has 0 aliphatic carbocycles. The Hall–Kier alpha value is -1.86. The van der Waals surface area contributed by atoms with Crippen LogP contribution >= 0.6 is 27.5 Å². The molecule has 0 saturated carbocycles. The van der Waals surface area contributed by atoms with E-state index in [-0.39, 0.29) is 11.1 Å². The molecule has 0 fully saturated rings. The van der Waals surface area contributed by atoms with Crippen molar-refractivity contribution in [2.45, 2.75) is 6.04 Å². The third-order valence-corrected chi connectivity index (χ3v) is 4.20. The lowest BCUT2D eigenvalue weighted by Gasteiger charge is -2.24. The topological polar surface area (TPSA) is 55.7 Å². The Morgan fingerprint density at radius 3 is 2.96 bits per heavy atom. The maximum absolute atomic E-state index is 13.3. The van der Waals surface area contributed by atoms with Gasteiger partial charge in [0.1, 0.15) is 18.1 Å². The zero-order valence-corrected chi connectivity index (χ0v) is 14.4. The average molecular weight is 401 g/mol. The summed E-state index contributed by atoms with van der Waals surface area (Å²) in [6, 6.07) is 7.92. The Morgan fingerprint density at radius 2 is 2.22 bits per heavy atom. The highest BCUT2D eigenvalue weighted by Crippen LogP contribution is 2.25. The first-order valence-electron chi connectivity index (χ1n) is 6.71. The minimum Gasteiger partial charge on any atom is -0.480 e. The summed E-state index contributed by atoms with van der Waals surface area (Å²) in [6.45, 7) is 0.305. The molecule has 1 aromatic heterocycles. The molecular weight excluding hydrogens is 389 g/mol. The summed E-state index contributed by atoms with van der Waals surface area (Å²) in [6.07, 6.45) is 0. The molecule has 1 N–H and O–H groups in total. The molecule has 1 atom stereocenters. The largest absolute Gasteiger partial charge is 0.480 e. The van der Waals surface area contributed by atoms with Gasteiger partial charge in [-0.1, -0.05) is 22.8 Å². The van der Waals surface area contributed by atoms with E-state index in [1.807, 2.05) is 6.07 Å². The molecule has 2 aromatic rings. The zero-order valence-electron chi connectivity index (χ0n) is 12.0. The van der Waals surface area contributed by atoms with Gasteiger partial charge in [0.2, 0.25) is 5.88 Å². The van der Waals surface area contributed by atoms with Crippen molar-refractivity contribution in [3.8, 4) is 5.88 Å². The van der Waals surface area contributed by atoms with E-state index in [4.69, 9.17) is 21.2 Å². The Bertz CT molecular complexity index is 772. The molecule has 5 nitrogen and oxygen atoms in total. The number of benzene rings is 1. The van der Waals surface area contributed by atoms with Crippen molar-refractivity contribution in [1.82, 2.24) is 10.3 Å². The minimum absolute atomic E-state index is 0.0665. The van der Waals surface area contributed by atoms with E-state index < -0.39 is 5.82 Å². The summed E-state index contributed by atoms with van der Waals surface area (Å²) in [7, 11) is 1.53. The Labute approximate surface area is 145 Å². The van der Waals surface area contributed by atoms with Gasteiger partial charge in [-0.3, -0.25) is 0 Å². The van der Waals surface area contributed by atoms with Crippen molar-refractivity contribution in [3.05, 3.63) is 56.9 Å². The van der Waals surface area contributed by atoms with Gasteiger partial charge in [-0.15, -0.1) is 0 Å². The van der Waals surface area contributed by atoms with Gasteiger partial charge in [-0.2, -0.15) is 0 Å². The predicted molar refractivity (Wildman–Crippen MR) is 88.3 cm³/mol. The van der Waals surface area contributed by atoms with Crippen molar-refractivity contribution in [3.63, 3.8) is 0 Å². The van der Waals surface area contributed by atoms with Crippen LogP contribution in [0.2, 0.25) is 5.02 Å². The second kappa shape index (κ2) is 6.72. The highest BCUT2D eigenvalue weighted by molar-refractivity contribution is 9.10. The van der Waals surface area contributed by atoms with Crippen molar-refractivity contribution in [2.75, 3.05) is 13.7 Å². The monoisotopic (exact) mass is 399 g/mol. The van der Waals surface area contributed by atoms with Crippen molar-refractivity contribution >= 4 is 33.4 Å². The molecule has 0 bridgehead atoms. The summed E-state index contributed by atoms with van der Waals surface area (Å²) in [5, 5.41) is 7.27. The lowest BCUT2D eigenvalue weighted by molar-refractivity contribution is 0.109. The maximum Gasteiger partial charge on any atom is 0.228 e. The smallest absolute Gasteiger partial charge is 0.228 e. The SMILES string of the molecule is COc1nc(C2=NOCC(c3ccc(F)c(Cl)c3)N2)ccc1Br. The number of hydrogen-bond acceptors (Lipinski definition) is 5. The fourth-order valence-electron chi connectivity index (χ4n) is 2.14. The number of methoxy groups -OCH3 is 1. The normalized spacial score (nSPS) is 17.0. The summed E-state index contributed by atoms with van der Waals surface area (Å²) in [5.74, 6) is 0.451. The van der Waals surface area contributed by atoms with Crippen LogP contribution < -0.4 is 10.1 Å². The molecule has 8 heteroatoms. The molecule has 2 heterocycles. The number of nitrogens with zero attached hydrogens (tertiary/aromatic N) is 2. The van der Waals surface area contributed by atoms with Gasteiger partial charge in [0.05, 0.1) is 22.6 Å². The van der Waals surface area contributed by atoms with E-state index in [1.165, 1.54) is 13.2 Å². The molecule has 23 heavy (non-hydrogen) atoms. The van der Waals surface area contributed by atoms with Gasteiger partial charge >= 0.3 is 0 Å². The van der Waals surface area contributed by atoms with Crippen LogP contribution in [0.1, 0.15) is 17.3 Å². The molecule has 3 rings (SSSR count). The molecule has 0 spiro atoms. The number of aromatic nitrogens is 1. The molecule has 1 aromatic carbocycles. The number of halogens is 3. The highest BCUT2D eigenvalue weighted by atomic mass is 79.9. The van der Waals surface area contributed by atoms with Crippen LogP contribution in [0.15, 0.2) is 40.0 Å². The van der Waals surface area contributed by atoms with Crippen molar-refractivity contribution in [1.29, 1.82) is 0 Å². The van der Waals surface area contributed by atoms with Crippen LogP contribution in [0.4, 0.5) is 4.39 Å². The molecule has 0 saturated heterocycles. The first kappa shape index (κ1) is 16.0. The molecule has 1 aliphatic rings. The van der Waals surface area contributed by atoms with Crippen LogP contribution in [0, 0.1) is 5.82 Å². The Morgan fingerprint density at radius 1 is 1.39 bits per heavy atom. The third-order valence-electron chi connectivity index (χ3n) is 3.30. The number of nitrogens with one attached hydrogen (secondary N) is 1. The van der Waals surface area contributed by atoms with E-state index in [9.17, 15) is 4.39 Å². The zero-order chi connectivity index (χ0) is 16.4. The predicted octanol–water partition coefficient (Wildman–Crippen LogP) is 3.67. The minimum atomic E-state index is -0.458. The molecule has 1 unspecified atom stereocenters. The first-order chi connectivity index (χ1) is 11.1. The summed E-state index contributed by atoms with van der Waals surface area (Å²) >= 11 is 9.18. The van der Waals surface area contributed by atoms with E-state index in [2.05, 4.69) is 31.4 Å². The molecule has 0 amide bonds. The standard InChI is InChI=1S/C15H12BrClFN3O2/c1-22-15-9(16)3-5-12(20-15)14-19-13(7-23-21-14)8-2-4-11(18)10(17)6-8/h2-6,13H,7H2,1H3,(H,19,21). The second-order valence-electron chi connectivity index (χ2n) is 4.79. The number of amidine groups is 1. The van der Waals surface area contributed by atoms with Gasteiger partial charge in [0, 0.05) is 0 Å². The summed E-state index contributed by atoms with van der Waals surface area (Å²) < 4.78 is 19.2. The van der Waals surface area contributed by atoms with Gasteiger partial charge in [0.25, 0.3) is 0 Å². The maximum atomic E-state index is 13.3. The summed E-state index contributed by atoms with van der Waals surface area (Å²) in [4.78, 5) is 9.62. The number of pyridine rings is 1.